The van der Waals surface area contributed by atoms with Crippen LogP contribution in [0.5, 0.6) is 0 Å². The van der Waals surface area contributed by atoms with Gasteiger partial charge in [0.2, 0.25) is 0 Å². The topological polar surface area (TPSA) is 86.3 Å². The molecule has 0 fully saturated rings. The number of nitrogens with zero attached hydrogens (tertiary/aromatic N) is 5. The second-order valence-electron chi connectivity index (χ2n) is 6.84. The number of anilines is 1. The van der Waals surface area contributed by atoms with Crippen LogP contribution in [-0.4, -0.2) is 44.0 Å². The van der Waals surface area contributed by atoms with Gasteiger partial charge in [0.1, 0.15) is 5.15 Å². The van der Waals surface area contributed by atoms with Crippen molar-refractivity contribution in [2.75, 3.05) is 19.0 Å². The Balaban J connectivity index is 1.71. The number of aromatic nitrogens is 5. The van der Waals surface area contributed by atoms with Crippen LogP contribution in [0, 0.1) is 0 Å². The largest absolute Gasteiger partial charge is 0.434 e. The zero-order valence-corrected chi connectivity index (χ0v) is 18.4. The molecular formula is C20H15Cl2F3N6O2. The number of hydrogen-bond acceptors (Lipinski definition) is 5. The first-order valence-corrected chi connectivity index (χ1v) is 10.2. The number of nitrogens with one attached hydrogen (secondary N) is 1. The van der Waals surface area contributed by atoms with Crippen LogP contribution in [0.15, 0.2) is 42.9 Å². The summed E-state index contributed by atoms with van der Waals surface area (Å²) in [6.45, 7) is 0.391. The quantitative estimate of drug-likeness (QED) is 0.390. The van der Waals surface area contributed by atoms with Crippen molar-refractivity contribution in [2.45, 2.75) is 12.6 Å². The number of halogens is 5. The fraction of sp³-hybridized carbons (Fsp3) is 0.200. The Labute approximate surface area is 194 Å². The number of methoxy groups -OCH3 is 1. The minimum atomic E-state index is -4.89. The molecule has 8 nitrogen and oxygen atoms in total. The highest BCUT2D eigenvalue weighted by atomic mass is 35.5. The molecule has 13 heteroatoms. The van der Waals surface area contributed by atoms with Crippen LogP contribution < -0.4 is 5.32 Å². The van der Waals surface area contributed by atoms with Crippen LogP contribution in [0.4, 0.5) is 18.9 Å². The van der Waals surface area contributed by atoms with Crippen molar-refractivity contribution in [3.8, 4) is 5.69 Å². The minimum Gasteiger partial charge on any atom is -0.384 e. The Kier molecular flexibility index (Phi) is 6.28. The van der Waals surface area contributed by atoms with Crippen LogP contribution >= 0.6 is 23.2 Å². The van der Waals surface area contributed by atoms with E-state index in [1.165, 1.54) is 48.3 Å². The molecule has 0 saturated heterocycles. The summed E-state index contributed by atoms with van der Waals surface area (Å²) in [7, 11) is 1.53. The van der Waals surface area contributed by atoms with Gasteiger partial charge in [0.25, 0.3) is 5.91 Å². The van der Waals surface area contributed by atoms with E-state index < -0.39 is 23.3 Å². The van der Waals surface area contributed by atoms with E-state index in [1.54, 1.807) is 0 Å². The van der Waals surface area contributed by atoms with E-state index in [0.717, 1.165) is 6.20 Å². The minimum absolute atomic E-state index is 0.0514. The molecule has 172 valence electrons. The second-order valence-corrected chi connectivity index (χ2v) is 7.63. The van der Waals surface area contributed by atoms with Crippen molar-refractivity contribution < 1.29 is 22.7 Å². The highest BCUT2D eigenvalue weighted by Crippen LogP contribution is 2.35. The van der Waals surface area contributed by atoms with Crippen molar-refractivity contribution in [3.63, 3.8) is 0 Å². The molecule has 4 aromatic rings. The summed E-state index contributed by atoms with van der Waals surface area (Å²) in [5, 5.41) is 10.7. The van der Waals surface area contributed by atoms with Gasteiger partial charge >= 0.3 is 6.18 Å². The Morgan fingerprint density at radius 2 is 1.97 bits per heavy atom. The smallest absolute Gasteiger partial charge is 0.384 e. The van der Waals surface area contributed by atoms with E-state index in [9.17, 15) is 18.0 Å². The van der Waals surface area contributed by atoms with Gasteiger partial charge in [0, 0.05) is 13.5 Å². The molecule has 1 N–H and O–H groups in total. The molecule has 0 saturated carbocycles. The van der Waals surface area contributed by atoms with Crippen LogP contribution in [0.3, 0.4) is 0 Å². The molecule has 0 aliphatic rings. The molecule has 0 unspecified atom stereocenters. The Morgan fingerprint density at radius 1 is 1.18 bits per heavy atom. The lowest BCUT2D eigenvalue weighted by molar-refractivity contribution is -0.143. The molecule has 4 heterocycles. The molecular weight excluding hydrogens is 484 g/mol. The van der Waals surface area contributed by atoms with Crippen LogP contribution in [0.2, 0.25) is 10.2 Å². The number of alkyl halides is 3. The number of pyridine rings is 2. The Bertz CT molecular complexity index is 1340. The predicted octanol–water partition coefficient (Wildman–Crippen LogP) is 4.68. The first-order valence-electron chi connectivity index (χ1n) is 9.43. The monoisotopic (exact) mass is 498 g/mol. The maximum atomic E-state index is 14.0. The average molecular weight is 499 g/mol. The Morgan fingerprint density at radius 3 is 2.67 bits per heavy atom. The number of hydrogen-bond donors (Lipinski definition) is 1. The van der Waals surface area contributed by atoms with Crippen LogP contribution in [0.25, 0.3) is 11.2 Å². The number of carbonyl (C=O) groups is 1. The molecule has 4 rings (SSSR count). The first kappa shape index (κ1) is 23.0. The summed E-state index contributed by atoms with van der Waals surface area (Å²) in [5.74, 6) is -1.02. The second kappa shape index (κ2) is 9.00. The van der Waals surface area contributed by atoms with E-state index in [4.69, 9.17) is 27.9 Å². The van der Waals surface area contributed by atoms with E-state index in [2.05, 4.69) is 20.5 Å². The summed E-state index contributed by atoms with van der Waals surface area (Å²) < 4.78 is 49.0. The third kappa shape index (κ3) is 4.52. The van der Waals surface area contributed by atoms with Gasteiger partial charge in [-0.2, -0.15) is 23.4 Å². The number of fused-ring (bicyclic) bond motifs is 1. The SMILES string of the molecule is COCCc1ncc(NC(=O)c2cnn(-c3ccc(Cl)n4nccc34)c2C(F)(F)F)cc1Cl. The molecule has 0 bridgehead atoms. The fourth-order valence-corrected chi connectivity index (χ4v) is 3.69. The molecule has 0 atom stereocenters. The van der Waals surface area contributed by atoms with E-state index in [0.29, 0.717) is 23.4 Å². The summed E-state index contributed by atoms with van der Waals surface area (Å²) >= 11 is 12.2. The fourth-order valence-electron chi connectivity index (χ4n) is 3.24. The highest BCUT2D eigenvalue weighted by molar-refractivity contribution is 6.31. The number of carbonyl (C=O) groups excluding carboxylic acids is 1. The molecule has 1 amide bonds. The molecule has 0 aliphatic heterocycles. The van der Waals surface area contributed by atoms with Crippen molar-refractivity contribution >= 4 is 40.3 Å². The molecule has 0 spiro atoms. The maximum absolute atomic E-state index is 14.0. The molecule has 0 aromatic carbocycles. The maximum Gasteiger partial charge on any atom is 0.434 e. The average Bonchev–Trinajstić information content (AvgIpc) is 3.41. The predicted molar refractivity (Wildman–Crippen MR) is 115 cm³/mol. The van der Waals surface area contributed by atoms with E-state index >= 15 is 0 Å². The Hall–Kier alpha value is -3.15. The van der Waals surface area contributed by atoms with Gasteiger partial charge < -0.3 is 10.1 Å². The van der Waals surface area contributed by atoms with Gasteiger partial charge in [-0.15, -0.1) is 0 Å². The van der Waals surface area contributed by atoms with Gasteiger partial charge in [-0.1, -0.05) is 23.2 Å². The zero-order valence-electron chi connectivity index (χ0n) is 16.9. The van der Waals surface area contributed by atoms with Crippen LogP contribution in [0.1, 0.15) is 21.7 Å². The number of ether oxygens (including phenoxy) is 1. The molecule has 0 radical (unpaired) electrons. The van der Waals surface area contributed by atoms with Gasteiger partial charge in [0.05, 0.1) is 58.4 Å². The van der Waals surface area contributed by atoms with Crippen molar-refractivity contribution in [1.82, 2.24) is 24.4 Å². The third-order valence-electron chi connectivity index (χ3n) is 4.72. The molecule has 4 aromatic heterocycles. The number of rotatable bonds is 6. The summed E-state index contributed by atoms with van der Waals surface area (Å²) in [4.78, 5) is 16.9. The van der Waals surface area contributed by atoms with Crippen LogP contribution in [-0.2, 0) is 17.3 Å². The summed E-state index contributed by atoms with van der Waals surface area (Å²) in [6, 6.07) is 5.65. The van der Waals surface area contributed by atoms with Crippen molar-refractivity contribution in [2.24, 2.45) is 0 Å². The summed E-state index contributed by atoms with van der Waals surface area (Å²) in [5.41, 5.74) is -0.915. The lowest BCUT2D eigenvalue weighted by Gasteiger charge is -2.14. The standard InChI is InChI=1S/C20H15Cl2F3N6O2/c1-33-7-5-14-13(21)8-11(9-26-14)29-19(32)12-10-28-31(18(12)20(23,24)25)15-2-3-17(22)30-16(15)4-6-27-30/h2-4,6,8-10H,5,7H2,1H3,(H,29,32). The lowest BCUT2D eigenvalue weighted by Crippen LogP contribution is -2.21. The van der Waals surface area contributed by atoms with Gasteiger partial charge in [-0.05, 0) is 24.3 Å². The number of amides is 1. The third-order valence-corrected chi connectivity index (χ3v) is 5.33. The van der Waals surface area contributed by atoms with Gasteiger partial charge in [-0.25, -0.2) is 9.20 Å². The zero-order chi connectivity index (χ0) is 23.8. The van der Waals surface area contributed by atoms with Crippen molar-refractivity contribution in [1.29, 1.82) is 0 Å². The lowest BCUT2D eigenvalue weighted by atomic mass is 10.2. The molecule has 0 aliphatic carbocycles. The van der Waals surface area contributed by atoms with E-state index in [1.807, 2.05) is 0 Å². The van der Waals surface area contributed by atoms with Gasteiger partial charge in [-0.3, -0.25) is 9.78 Å². The first-order chi connectivity index (χ1) is 15.7. The normalized spacial score (nSPS) is 11.8. The molecule has 33 heavy (non-hydrogen) atoms. The van der Waals surface area contributed by atoms with Crippen molar-refractivity contribution in [3.05, 3.63) is 70.0 Å². The highest BCUT2D eigenvalue weighted by Gasteiger charge is 2.41. The van der Waals surface area contributed by atoms with E-state index in [-0.39, 0.29) is 27.1 Å². The summed E-state index contributed by atoms with van der Waals surface area (Å²) in [6.07, 6.45) is -0.899. The van der Waals surface area contributed by atoms with Gasteiger partial charge in [0.15, 0.2) is 5.69 Å².